The van der Waals surface area contributed by atoms with Crippen LogP contribution in [0.3, 0.4) is 0 Å². The number of alkyl halides is 2. The van der Waals surface area contributed by atoms with Gasteiger partial charge in [-0.05, 0) is 18.6 Å². The van der Waals surface area contributed by atoms with Gasteiger partial charge in [-0.3, -0.25) is 4.79 Å². The van der Waals surface area contributed by atoms with E-state index in [0.29, 0.717) is 9.75 Å². The number of aliphatic hydroxyl groups excluding tert-OH is 1. The molecule has 3 N–H and O–H groups in total. The molecule has 0 aliphatic rings. The minimum Gasteiger partial charge on any atom is -0.395 e. The molecule has 0 aliphatic heterocycles. The fourth-order valence-corrected chi connectivity index (χ4v) is 2.58. The molecule has 0 bridgehead atoms. The monoisotopic (exact) mass is 302 g/mol. The Hall–Kier alpha value is -1.49. The predicted molar refractivity (Wildman–Crippen MR) is 74.0 cm³/mol. The SMILES string of the molecule is Cc1cc(C(=O)N(CCO)CC(F)F)sc1C#CCN. The van der Waals surface area contributed by atoms with Crippen molar-refractivity contribution in [1.82, 2.24) is 4.90 Å². The Morgan fingerprint density at radius 1 is 1.60 bits per heavy atom. The summed E-state index contributed by atoms with van der Waals surface area (Å²) in [6, 6.07) is 1.61. The molecule has 1 amide bonds. The summed E-state index contributed by atoms with van der Waals surface area (Å²) < 4.78 is 24.9. The number of carbonyl (C=O) groups is 1. The fourth-order valence-electron chi connectivity index (χ4n) is 1.56. The maximum Gasteiger partial charge on any atom is 0.264 e. The van der Waals surface area contributed by atoms with Crippen molar-refractivity contribution in [2.24, 2.45) is 5.73 Å². The van der Waals surface area contributed by atoms with Gasteiger partial charge in [0.1, 0.15) is 0 Å². The lowest BCUT2D eigenvalue weighted by Crippen LogP contribution is -2.36. The van der Waals surface area contributed by atoms with Crippen LogP contribution < -0.4 is 5.73 Å². The summed E-state index contributed by atoms with van der Waals surface area (Å²) in [5.41, 5.74) is 6.09. The van der Waals surface area contributed by atoms with Crippen molar-refractivity contribution in [2.45, 2.75) is 13.3 Å². The number of hydrogen-bond acceptors (Lipinski definition) is 4. The predicted octanol–water partition coefficient (Wildman–Crippen LogP) is 1.07. The van der Waals surface area contributed by atoms with Crippen LogP contribution in [0.5, 0.6) is 0 Å². The molecule has 0 aliphatic carbocycles. The van der Waals surface area contributed by atoms with Crippen LogP contribution in [-0.4, -0.2) is 48.6 Å². The molecule has 0 spiro atoms. The van der Waals surface area contributed by atoms with Crippen LogP contribution >= 0.6 is 11.3 Å². The highest BCUT2D eigenvalue weighted by molar-refractivity contribution is 7.14. The van der Waals surface area contributed by atoms with Crippen LogP contribution in [0.1, 0.15) is 20.1 Å². The molecule has 1 aromatic rings. The number of aryl methyl sites for hydroxylation is 1. The lowest BCUT2D eigenvalue weighted by molar-refractivity contribution is 0.0513. The molecular formula is C13H16F2N2O2S. The molecule has 1 aromatic heterocycles. The summed E-state index contributed by atoms with van der Waals surface area (Å²) in [7, 11) is 0. The zero-order valence-electron chi connectivity index (χ0n) is 11.0. The van der Waals surface area contributed by atoms with E-state index in [1.54, 1.807) is 13.0 Å². The van der Waals surface area contributed by atoms with Gasteiger partial charge in [-0.1, -0.05) is 11.8 Å². The maximum atomic E-state index is 12.4. The lowest BCUT2D eigenvalue weighted by Gasteiger charge is -2.20. The third kappa shape index (κ3) is 4.56. The molecule has 4 nitrogen and oxygen atoms in total. The molecule has 0 fully saturated rings. The van der Waals surface area contributed by atoms with Gasteiger partial charge in [-0.2, -0.15) is 0 Å². The average molecular weight is 302 g/mol. The van der Waals surface area contributed by atoms with E-state index >= 15 is 0 Å². The molecule has 0 saturated carbocycles. The van der Waals surface area contributed by atoms with Gasteiger partial charge in [0.15, 0.2) is 0 Å². The van der Waals surface area contributed by atoms with Crippen molar-refractivity contribution in [2.75, 3.05) is 26.2 Å². The number of thiophene rings is 1. The van der Waals surface area contributed by atoms with E-state index in [2.05, 4.69) is 11.8 Å². The minimum atomic E-state index is -2.64. The first-order valence-corrected chi connectivity index (χ1v) is 6.78. The standard InChI is InChI=1S/C13H16F2N2O2S/c1-9-7-11(20-10(9)3-2-4-16)13(19)17(5-6-18)8-12(14)15/h7,12,18H,4-6,8,16H2,1H3. The Kier molecular flexibility index (Phi) is 6.58. The first-order chi connectivity index (χ1) is 9.49. The van der Waals surface area contributed by atoms with Crippen molar-refractivity contribution in [1.29, 1.82) is 0 Å². The highest BCUT2D eigenvalue weighted by atomic mass is 32.1. The second-order valence-electron chi connectivity index (χ2n) is 3.99. The van der Waals surface area contributed by atoms with Crippen molar-refractivity contribution in [3.63, 3.8) is 0 Å². The smallest absolute Gasteiger partial charge is 0.264 e. The summed E-state index contributed by atoms with van der Waals surface area (Å²) in [6.07, 6.45) is -2.64. The van der Waals surface area contributed by atoms with Crippen LogP contribution in [0.2, 0.25) is 0 Å². The van der Waals surface area contributed by atoms with Crippen LogP contribution in [0.25, 0.3) is 0 Å². The normalized spacial score (nSPS) is 10.3. The quantitative estimate of drug-likeness (QED) is 0.800. The molecule has 1 rings (SSSR count). The lowest BCUT2D eigenvalue weighted by atomic mass is 10.2. The number of nitrogens with zero attached hydrogens (tertiary/aromatic N) is 1. The van der Waals surface area contributed by atoms with Gasteiger partial charge in [0.25, 0.3) is 12.3 Å². The summed E-state index contributed by atoms with van der Waals surface area (Å²) in [4.78, 5) is 14.1. The molecule has 20 heavy (non-hydrogen) atoms. The second kappa shape index (κ2) is 7.94. The van der Waals surface area contributed by atoms with E-state index in [1.807, 2.05) is 0 Å². The molecular weight excluding hydrogens is 286 g/mol. The second-order valence-corrected chi connectivity index (χ2v) is 5.05. The molecule has 0 unspecified atom stereocenters. The molecule has 110 valence electrons. The molecule has 7 heteroatoms. The van der Waals surface area contributed by atoms with E-state index in [9.17, 15) is 13.6 Å². The van der Waals surface area contributed by atoms with Crippen LogP contribution in [-0.2, 0) is 0 Å². The van der Waals surface area contributed by atoms with Crippen LogP contribution in [0.15, 0.2) is 6.07 Å². The number of nitrogens with two attached hydrogens (primary N) is 1. The van der Waals surface area contributed by atoms with E-state index in [4.69, 9.17) is 10.8 Å². The Morgan fingerprint density at radius 3 is 2.85 bits per heavy atom. The topological polar surface area (TPSA) is 66.6 Å². The van der Waals surface area contributed by atoms with Gasteiger partial charge in [0.05, 0.1) is 29.5 Å². The first kappa shape index (κ1) is 16.6. The fraction of sp³-hybridized carbons (Fsp3) is 0.462. The molecule has 0 aromatic carbocycles. The first-order valence-electron chi connectivity index (χ1n) is 5.97. The highest BCUT2D eigenvalue weighted by Gasteiger charge is 2.21. The zero-order valence-corrected chi connectivity index (χ0v) is 11.8. The van der Waals surface area contributed by atoms with Gasteiger partial charge in [-0.15, -0.1) is 11.3 Å². The summed E-state index contributed by atoms with van der Waals surface area (Å²) >= 11 is 1.14. The van der Waals surface area contributed by atoms with E-state index in [1.165, 1.54) is 0 Å². The number of carbonyl (C=O) groups excluding carboxylic acids is 1. The zero-order chi connectivity index (χ0) is 15.1. The van der Waals surface area contributed by atoms with Crippen molar-refractivity contribution in [3.05, 3.63) is 21.4 Å². The highest BCUT2D eigenvalue weighted by Crippen LogP contribution is 2.22. The van der Waals surface area contributed by atoms with Crippen molar-refractivity contribution < 1.29 is 18.7 Å². The third-order valence-electron chi connectivity index (χ3n) is 2.45. The average Bonchev–Trinajstić information content (AvgIpc) is 2.76. The molecule has 0 saturated heterocycles. The van der Waals surface area contributed by atoms with Crippen LogP contribution in [0.4, 0.5) is 8.78 Å². The van der Waals surface area contributed by atoms with Crippen LogP contribution in [0, 0.1) is 18.8 Å². The molecule has 0 atom stereocenters. The Labute approximate surface area is 120 Å². The van der Waals surface area contributed by atoms with Gasteiger partial charge in [0.2, 0.25) is 0 Å². The molecule has 1 heterocycles. The number of amides is 1. The number of halogens is 2. The van der Waals surface area contributed by atoms with Gasteiger partial charge < -0.3 is 15.7 Å². The Balaban J connectivity index is 2.94. The molecule has 0 radical (unpaired) electrons. The number of hydrogen-bond donors (Lipinski definition) is 2. The van der Waals surface area contributed by atoms with Crippen molar-refractivity contribution >= 4 is 17.2 Å². The Morgan fingerprint density at radius 2 is 2.30 bits per heavy atom. The minimum absolute atomic E-state index is 0.121. The summed E-state index contributed by atoms with van der Waals surface area (Å²) in [5.74, 6) is 5.00. The van der Waals surface area contributed by atoms with Gasteiger partial charge >= 0.3 is 0 Å². The summed E-state index contributed by atoms with van der Waals surface area (Å²) in [5, 5.41) is 8.85. The number of aliphatic hydroxyl groups is 1. The summed E-state index contributed by atoms with van der Waals surface area (Å²) in [6.45, 7) is 0.826. The van der Waals surface area contributed by atoms with Gasteiger partial charge in [-0.25, -0.2) is 8.78 Å². The van der Waals surface area contributed by atoms with E-state index < -0.39 is 18.9 Å². The Bertz CT molecular complexity index is 520. The van der Waals surface area contributed by atoms with Gasteiger partial charge in [0, 0.05) is 6.54 Å². The van der Waals surface area contributed by atoms with E-state index in [0.717, 1.165) is 21.8 Å². The third-order valence-corrected chi connectivity index (χ3v) is 3.59. The number of rotatable bonds is 5. The maximum absolute atomic E-state index is 12.4. The van der Waals surface area contributed by atoms with E-state index in [-0.39, 0.29) is 19.7 Å². The van der Waals surface area contributed by atoms with Crippen molar-refractivity contribution in [3.8, 4) is 11.8 Å². The largest absolute Gasteiger partial charge is 0.395 e.